The average molecular weight is 313 g/mol. The highest BCUT2D eigenvalue weighted by Gasteiger charge is 2.25. The molecule has 0 aromatic carbocycles. The molecule has 130 valence electrons. The highest BCUT2D eigenvalue weighted by molar-refractivity contribution is 5.82. The van der Waals surface area contributed by atoms with Gasteiger partial charge in [-0.05, 0) is 12.3 Å². The summed E-state index contributed by atoms with van der Waals surface area (Å²) in [5.74, 6) is -0.775. The van der Waals surface area contributed by atoms with Crippen molar-refractivity contribution in [2.45, 2.75) is 78.6 Å². The number of aliphatic carboxylic acids is 1. The number of carboxylic acids is 1. The molecule has 0 aliphatic carbocycles. The topological polar surface area (TPSA) is 57.6 Å². The molecule has 0 aliphatic heterocycles. The van der Waals surface area contributed by atoms with E-state index in [2.05, 4.69) is 6.92 Å². The number of hydrogen-bond acceptors (Lipinski definition) is 2. The molecule has 0 spiro atoms. The van der Waals surface area contributed by atoms with Gasteiger partial charge in [0.05, 0.1) is 0 Å². The number of amides is 1. The van der Waals surface area contributed by atoms with E-state index in [0.29, 0.717) is 0 Å². The Bertz CT molecular complexity index is 315. The smallest absolute Gasteiger partial charge is 0.323 e. The quantitative estimate of drug-likeness (QED) is 0.515. The Morgan fingerprint density at radius 2 is 1.45 bits per heavy atom. The van der Waals surface area contributed by atoms with Crippen LogP contribution >= 0.6 is 0 Å². The minimum absolute atomic E-state index is 0.0275. The molecular formula is C18H35NO3. The lowest BCUT2D eigenvalue weighted by Crippen LogP contribution is -2.38. The third-order valence-electron chi connectivity index (χ3n) is 4.24. The van der Waals surface area contributed by atoms with Gasteiger partial charge in [-0.15, -0.1) is 0 Å². The first-order chi connectivity index (χ1) is 10.4. The molecule has 1 N–H and O–H groups in total. The minimum atomic E-state index is -0.953. The van der Waals surface area contributed by atoms with Gasteiger partial charge in [0.1, 0.15) is 6.54 Å². The van der Waals surface area contributed by atoms with Crippen LogP contribution in [0.15, 0.2) is 0 Å². The van der Waals surface area contributed by atoms with Gasteiger partial charge >= 0.3 is 5.97 Å². The number of carbonyl (C=O) groups excluding carboxylic acids is 1. The summed E-state index contributed by atoms with van der Waals surface area (Å²) in [6.07, 6.45) is 10.9. The number of unbranched alkanes of at least 4 members (excludes halogenated alkanes) is 7. The third-order valence-corrected chi connectivity index (χ3v) is 4.24. The van der Waals surface area contributed by atoms with Crippen molar-refractivity contribution in [3.8, 4) is 0 Å². The molecule has 22 heavy (non-hydrogen) atoms. The Morgan fingerprint density at radius 3 is 1.91 bits per heavy atom. The molecule has 0 saturated heterocycles. The minimum Gasteiger partial charge on any atom is -0.480 e. The molecule has 1 atom stereocenters. The van der Waals surface area contributed by atoms with E-state index in [1.54, 1.807) is 7.05 Å². The van der Waals surface area contributed by atoms with E-state index in [4.69, 9.17) is 5.11 Å². The number of hydrogen-bond donors (Lipinski definition) is 1. The summed E-state index contributed by atoms with van der Waals surface area (Å²) >= 11 is 0. The predicted molar refractivity (Wildman–Crippen MR) is 90.8 cm³/mol. The van der Waals surface area contributed by atoms with Crippen LogP contribution in [0.1, 0.15) is 78.6 Å². The van der Waals surface area contributed by atoms with Gasteiger partial charge in [0.2, 0.25) is 5.91 Å². The fraction of sp³-hybridized carbons (Fsp3) is 0.889. The fourth-order valence-electron chi connectivity index (χ4n) is 2.80. The second-order valence-corrected chi connectivity index (χ2v) is 6.70. The summed E-state index contributed by atoms with van der Waals surface area (Å²) in [7, 11) is 1.58. The van der Waals surface area contributed by atoms with Gasteiger partial charge in [-0.1, -0.05) is 72.1 Å². The molecule has 0 aromatic rings. The molecule has 4 nitrogen and oxygen atoms in total. The lowest BCUT2D eigenvalue weighted by atomic mass is 9.89. The second kappa shape index (κ2) is 12.5. The van der Waals surface area contributed by atoms with Crippen LogP contribution in [-0.2, 0) is 9.59 Å². The van der Waals surface area contributed by atoms with E-state index in [1.165, 1.54) is 49.8 Å². The van der Waals surface area contributed by atoms with Crippen LogP contribution in [0, 0.1) is 11.8 Å². The third kappa shape index (κ3) is 9.80. The van der Waals surface area contributed by atoms with Crippen molar-refractivity contribution in [3.63, 3.8) is 0 Å². The summed E-state index contributed by atoms with van der Waals surface area (Å²) in [5, 5.41) is 8.79. The maximum atomic E-state index is 12.3. The number of likely N-dealkylation sites (N-methyl/N-ethyl adjacent to an activating group) is 1. The van der Waals surface area contributed by atoms with Crippen molar-refractivity contribution < 1.29 is 14.7 Å². The van der Waals surface area contributed by atoms with Crippen LogP contribution in [0.5, 0.6) is 0 Å². The Labute approximate surface area is 136 Å². The first kappa shape index (κ1) is 20.9. The first-order valence-corrected chi connectivity index (χ1v) is 8.86. The van der Waals surface area contributed by atoms with Crippen LogP contribution in [-0.4, -0.2) is 35.5 Å². The maximum Gasteiger partial charge on any atom is 0.323 e. The van der Waals surface area contributed by atoms with E-state index in [0.717, 1.165) is 12.8 Å². The van der Waals surface area contributed by atoms with Gasteiger partial charge in [0, 0.05) is 13.0 Å². The molecule has 0 heterocycles. The molecular weight excluding hydrogens is 278 g/mol. The Kier molecular flexibility index (Phi) is 11.9. The number of carboxylic acid groups (broad SMARTS) is 1. The average Bonchev–Trinajstić information content (AvgIpc) is 2.44. The van der Waals surface area contributed by atoms with E-state index in [-0.39, 0.29) is 24.3 Å². The Morgan fingerprint density at radius 1 is 0.955 bits per heavy atom. The van der Waals surface area contributed by atoms with E-state index in [9.17, 15) is 9.59 Å². The van der Waals surface area contributed by atoms with Gasteiger partial charge in [-0.3, -0.25) is 9.59 Å². The summed E-state index contributed by atoms with van der Waals surface area (Å²) in [6, 6.07) is 0. The largest absolute Gasteiger partial charge is 0.480 e. The van der Waals surface area contributed by atoms with Gasteiger partial charge in [0.15, 0.2) is 0 Å². The van der Waals surface area contributed by atoms with Crippen molar-refractivity contribution in [3.05, 3.63) is 0 Å². The van der Waals surface area contributed by atoms with Gasteiger partial charge in [-0.25, -0.2) is 0 Å². The highest BCUT2D eigenvalue weighted by atomic mass is 16.4. The lowest BCUT2D eigenvalue weighted by Gasteiger charge is -2.25. The van der Waals surface area contributed by atoms with Crippen LogP contribution < -0.4 is 0 Å². The maximum absolute atomic E-state index is 12.3. The summed E-state index contributed by atoms with van der Waals surface area (Å²) in [5.41, 5.74) is 0. The second-order valence-electron chi connectivity index (χ2n) is 6.70. The predicted octanol–water partition coefficient (Wildman–Crippen LogP) is 4.33. The molecule has 0 bridgehead atoms. The van der Waals surface area contributed by atoms with Gasteiger partial charge in [-0.2, -0.15) is 0 Å². The standard InChI is InChI=1S/C18H35NO3/c1-5-6-7-8-9-10-11-12-13-16(15(2)3)18(22)19(4)14-17(20)21/h15-16H,5-14H2,1-4H3,(H,20,21). The Hall–Kier alpha value is -1.06. The zero-order valence-electron chi connectivity index (χ0n) is 14.9. The molecule has 1 unspecified atom stereocenters. The summed E-state index contributed by atoms with van der Waals surface area (Å²) < 4.78 is 0. The number of rotatable bonds is 13. The molecule has 0 aromatic heterocycles. The molecule has 1 amide bonds. The van der Waals surface area contributed by atoms with Gasteiger partial charge < -0.3 is 10.0 Å². The molecule has 4 heteroatoms. The van der Waals surface area contributed by atoms with Crippen LogP contribution in [0.2, 0.25) is 0 Å². The molecule has 0 aliphatic rings. The van der Waals surface area contributed by atoms with E-state index >= 15 is 0 Å². The van der Waals surface area contributed by atoms with Crippen LogP contribution in [0.4, 0.5) is 0 Å². The fourth-order valence-corrected chi connectivity index (χ4v) is 2.80. The van der Waals surface area contributed by atoms with Crippen molar-refractivity contribution in [2.75, 3.05) is 13.6 Å². The highest BCUT2D eigenvalue weighted by Crippen LogP contribution is 2.21. The zero-order chi connectivity index (χ0) is 17.0. The molecule has 0 rings (SSSR count). The monoisotopic (exact) mass is 313 g/mol. The van der Waals surface area contributed by atoms with Crippen molar-refractivity contribution in [1.82, 2.24) is 4.90 Å². The van der Waals surface area contributed by atoms with Crippen molar-refractivity contribution in [2.24, 2.45) is 11.8 Å². The van der Waals surface area contributed by atoms with Gasteiger partial charge in [0.25, 0.3) is 0 Å². The molecule has 0 radical (unpaired) electrons. The normalized spacial score (nSPS) is 12.4. The SMILES string of the molecule is CCCCCCCCCCC(C(=O)N(C)CC(=O)O)C(C)C. The van der Waals surface area contributed by atoms with Crippen molar-refractivity contribution >= 4 is 11.9 Å². The summed E-state index contributed by atoms with van der Waals surface area (Å²) in [6.45, 7) is 6.10. The number of carbonyl (C=O) groups is 2. The van der Waals surface area contributed by atoms with E-state index in [1.807, 2.05) is 13.8 Å². The molecule has 0 fully saturated rings. The van der Waals surface area contributed by atoms with Crippen LogP contribution in [0.3, 0.4) is 0 Å². The first-order valence-electron chi connectivity index (χ1n) is 8.86. The van der Waals surface area contributed by atoms with E-state index < -0.39 is 5.97 Å². The van der Waals surface area contributed by atoms with Crippen molar-refractivity contribution in [1.29, 1.82) is 0 Å². The Balaban J connectivity index is 4.00. The molecule has 0 saturated carbocycles. The van der Waals surface area contributed by atoms with Crippen LogP contribution in [0.25, 0.3) is 0 Å². The lowest BCUT2D eigenvalue weighted by molar-refractivity contribution is -0.146. The number of nitrogens with zero attached hydrogens (tertiary/aromatic N) is 1. The summed E-state index contributed by atoms with van der Waals surface area (Å²) in [4.78, 5) is 24.4. The zero-order valence-corrected chi connectivity index (χ0v) is 14.9.